The summed E-state index contributed by atoms with van der Waals surface area (Å²) < 4.78 is 4.93. The number of carbonyl (C=O) groups is 1. The lowest BCUT2D eigenvalue weighted by molar-refractivity contribution is 0.103. The first-order valence-corrected chi connectivity index (χ1v) is 5.63. The van der Waals surface area contributed by atoms with Crippen molar-refractivity contribution in [2.45, 2.75) is 32.1 Å². The molecule has 15 heavy (non-hydrogen) atoms. The van der Waals surface area contributed by atoms with Crippen molar-refractivity contribution in [1.82, 2.24) is 0 Å². The first-order valence-electron chi connectivity index (χ1n) is 5.26. The Hall–Kier alpha value is -1.02. The van der Waals surface area contributed by atoms with Gasteiger partial charge in [0.2, 0.25) is 5.22 Å². The highest BCUT2D eigenvalue weighted by molar-refractivity contribution is 6.33. The second kappa shape index (κ2) is 4.67. The molecule has 1 aromatic heterocycles. The van der Waals surface area contributed by atoms with E-state index in [4.69, 9.17) is 16.0 Å². The molecule has 0 atom stereocenters. The molecule has 0 aromatic carbocycles. The van der Waals surface area contributed by atoms with E-state index in [0.717, 1.165) is 24.8 Å². The maximum Gasteiger partial charge on any atom is 0.204 e. The lowest BCUT2D eigenvalue weighted by Crippen LogP contribution is -2.02. The minimum atomic E-state index is 0.0238. The number of rotatable bonds is 2. The summed E-state index contributed by atoms with van der Waals surface area (Å²) in [7, 11) is 0. The van der Waals surface area contributed by atoms with Gasteiger partial charge in [-0.25, -0.2) is 0 Å². The van der Waals surface area contributed by atoms with Gasteiger partial charge in [-0.3, -0.25) is 4.79 Å². The van der Waals surface area contributed by atoms with Crippen molar-refractivity contribution in [2.24, 2.45) is 0 Å². The fourth-order valence-corrected chi connectivity index (χ4v) is 2.05. The Morgan fingerprint density at radius 1 is 1.33 bits per heavy atom. The van der Waals surface area contributed by atoms with Gasteiger partial charge in [-0.1, -0.05) is 12.5 Å². The molecule has 0 fully saturated rings. The van der Waals surface area contributed by atoms with Gasteiger partial charge in [0.25, 0.3) is 0 Å². The summed E-state index contributed by atoms with van der Waals surface area (Å²) >= 11 is 5.78. The molecule has 80 valence electrons. The fraction of sp³-hybridized carbons (Fsp3) is 0.417. The highest BCUT2D eigenvalue weighted by Crippen LogP contribution is 2.25. The first kappa shape index (κ1) is 10.5. The van der Waals surface area contributed by atoms with Crippen LogP contribution in [-0.2, 0) is 0 Å². The van der Waals surface area contributed by atoms with E-state index in [1.165, 1.54) is 19.1 Å². The number of hydrogen-bond donors (Lipinski definition) is 0. The number of ketones is 1. The van der Waals surface area contributed by atoms with Gasteiger partial charge in [0, 0.05) is 0 Å². The van der Waals surface area contributed by atoms with E-state index in [1.54, 1.807) is 6.07 Å². The largest absolute Gasteiger partial charge is 0.452 e. The number of allylic oxidation sites excluding steroid dienone is 2. The first-order chi connectivity index (χ1) is 7.29. The average Bonchev–Trinajstić information content (AvgIpc) is 2.53. The lowest BCUT2D eigenvalue weighted by atomic mass is 10.0. The fourth-order valence-electron chi connectivity index (χ4n) is 1.85. The van der Waals surface area contributed by atoms with Crippen molar-refractivity contribution in [1.29, 1.82) is 0 Å². The molecule has 1 aliphatic carbocycles. The van der Waals surface area contributed by atoms with Crippen LogP contribution < -0.4 is 0 Å². The van der Waals surface area contributed by atoms with Crippen LogP contribution in [0.1, 0.15) is 42.5 Å². The Balaban J connectivity index is 2.20. The van der Waals surface area contributed by atoms with Crippen molar-refractivity contribution in [3.05, 3.63) is 34.8 Å². The number of furan rings is 1. The Morgan fingerprint density at radius 3 is 2.93 bits per heavy atom. The Morgan fingerprint density at radius 2 is 2.20 bits per heavy atom. The van der Waals surface area contributed by atoms with Crippen LogP contribution in [0.25, 0.3) is 0 Å². The maximum atomic E-state index is 12.0. The summed E-state index contributed by atoms with van der Waals surface area (Å²) in [6, 6.07) is 1.64. The van der Waals surface area contributed by atoms with Gasteiger partial charge in [-0.15, -0.1) is 0 Å². The molecule has 0 unspecified atom stereocenters. The SMILES string of the molecule is O=C(C1=CCCCCC1)c1ccoc1Cl. The Kier molecular flexibility index (Phi) is 3.27. The predicted octanol–water partition coefficient (Wildman–Crippen LogP) is 4.01. The molecular weight excluding hydrogens is 212 g/mol. The van der Waals surface area contributed by atoms with Crippen LogP contribution in [0.4, 0.5) is 0 Å². The topological polar surface area (TPSA) is 30.2 Å². The molecule has 0 saturated carbocycles. The molecule has 2 rings (SSSR count). The van der Waals surface area contributed by atoms with Gasteiger partial charge in [-0.2, -0.15) is 0 Å². The molecule has 1 heterocycles. The number of hydrogen-bond acceptors (Lipinski definition) is 2. The second-order valence-electron chi connectivity index (χ2n) is 3.77. The Labute approximate surface area is 93.9 Å². The van der Waals surface area contributed by atoms with E-state index in [2.05, 4.69) is 0 Å². The van der Waals surface area contributed by atoms with Crippen LogP contribution in [0.5, 0.6) is 0 Å². The van der Waals surface area contributed by atoms with Crippen LogP contribution in [-0.4, -0.2) is 5.78 Å². The Bertz CT molecular complexity index is 390. The minimum absolute atomic E-state index is 0.0238. The van der Waals surface area contributed by atoms with Gasteiger partial charge in [-0.05, 0) is 48.9 Å². The smallest absolute Gasteiger partial charge is 0.204 e. The van der Waals surface area contributed by atoms with Crippen LogP contribution >= 0.6 is 11.6 Å². The zero-order chi connectivity index (χ0) is 10.7. The molecule has 0 radical (unpaired) electrons. The van der Waals surface area contributed by atoms with Crippen LogP contribution in [0, 0.1) is 0 Å². The summed E-state index contributed by atoms with van der Waals surface area (Å²) in [5.74, 6) is 0.0238. The average molecular weight is 225 g/mol. The molecule has 0 aliphatic heterocycles. The third-order valence-electron chi connectivity index (χ3n) is 2.70. The standard InChI is InChI=1S/C12H13ClO2/c13-12-10(7-8-15-12)11(14)9-5-3-1-2-4-6-9/h5,7-8H,1-4,6H2. The van der Waals surface area contributed by atoms with E-state index >= 15 is 0 Å². The predicted molar refractivity (Wildman–Crippen MR) is 59.2 cm³/mol. The van der Waals surface area contributed by atoms with Crippen LogP contribution in [0.3, 0.4) is 0 Å². The molecule has 1 aliphatic rings. The summed E-state index contributed by atoms with van der Waals surface area (Å²) in [4.78, 5) is 12.0. The molecule has 0 spiro atoms. The summed E-state index contributed by atoms with van der Waals surface area (Å²) in [6.45, 7) is 0. The van der Waals surface area contributed by atoms with Gasteiger partial charge in [0.15, 0.2) is 5.78 Å². The van der Waals surface area contributed by atoms with Gasteiger partial charge >= 0.3 is 0 Å². The second-order valence-corrected chi connectivity index (χ2v) is 4.11. The van der Waals surface area contributed by atoms with Gasteiger partial charge < -0.3 is 4.42 Å². The van der Waals surface area contributed by atoms with Crippen molar-refractivity contribution in [2.75, 3.05) is 0 Å². The van der Waals surface area contributed by atoms with Crippen molar-refractivity contribution in [3.63, 3.8) is 0 Å². The molecule has 2 nitrogen and oxygen atoms in total. The quantitative estimate of drug-likeness (QED) is 0.711. The number of Topliss-reactive ketones (excluding diaryl/α,β-unsaturated/α-hetero) is 1. The molecule has 3 heteroatoms. The molecule has 0 bridgehead atoms. The van der Waals surface area contributed by atoms with Gasteiger partial charge in [0.1, 0.15) is 0 Å². The highest BCUT2D eigenvalue weighted by Gasteiger charge is 2.18. The van der Waals surface area contributed by atoms with E-state index < -0.39 is 0 Å². The lowest BCUT2D eigenvalue weighted by Gasteiger charge is -2.01. The highest BCUT2D eigenvalue weighted by atomic mass is 35.5. The zero-order valence-electron chi connectivity index (χ0n) is 8.46. The molecule has 0 amide bonds. The van der Waals surface area contributed by atoms with E-state index in [9.17, 15) is 4.79 Å². The third kappa shape index (κ3) is 2.32. The van der Waals surface area contributed by atoms with Crippen LogP contribution in [0.2, 0.25) is 5.22 Å². The van der Waals surface area contributed by atoms with Crippen molar-refractivity contribution < 1.29 is 9.21 Å². The van der Waals surface area contributed by atoms with E-state index in [-0.39, 0.29) is 11.0 Å². The minimum Gasteiger partial charge on any atom is -0.452 e. The molecular formula is C12H13ClO2. The van der Waals surface area contributed by atoms with Crippen molar-refractivity contribution in [3.8, 4) is 0 Å². The van der Waals surface area contributed by atoms with E-state index in [1.807, 2.05) is 6.08 Å². The summed E-state index contributed by atoms with van der Waals surface area (Å²) in [6.07, 6.45) is 8.82. The third-order valence-corrected chi connectivity index (χ3v) is 2.99. The summed E-state index contributed by atoms with van der Waals surface area (Å²) in [5.41, 5.74) is 1.38. The molecule has 0 N–H and O–H groups in total. The number of halogens is 1. The van der Waals surface area contributed by atoms with Crippen LogP contribution in [0.15, 0.2) is 28.4 Å². The summed E-state index contributed by atoms with van der Waals surface area (Å²) in [5, 5.41) is 0.199. The normalized spacial score (nSPS) is 17.0. The van der Waals surface area contributed by atoms with Gasteiger partial charge in [0.05, 0.1) is 11.8 Å². The number of carbonyl (C=O) groups excluding carboxylic acids is 1. The maximum absolute atomic E-state index is 12.0. The molecule has 1 aromatic rings. The zero-order valence-corrected chi connectivity index (χ0v) is 9.22. The molecule has 0 saturated heterocycles. The monoisotopic (exact) mass is 224 g/mol. The van der Waals surface area contributed by atoms with E-state index in [0.29, 0.717) is 5.56 Å². The van der Waals surface area contributed by atoms with Crippen molar-refractivity contribution >= 4 is 17.4 Å².